The molecule has 0 aromatic carbocycles. The van der Waals surface area contributed by atoms with Crippen LogP contribution in [0, 0.1) is 5.92 Å². The first kappa shape index (κ1) is 16.5. The lowest BCUT2D eigenvalue weighted by molar-refractivity contribution is 0.361. The minimum Gasteiger partial charge on any atom is -0.370 e. The third-order valence-corrected chi connectivity index (χ3v) is 5.05. The van der Waals surface area contributed by atoms with Crippen LogP contribution in [-0.2, 0) is 0 Å². The number of nitrogens with zero attached hydrogens (tertiary/aromatic N) is 2. The van der Waals surface area contributed by atoms with E-state index in [1.807, 2.05) is 0 Å². The van der Waals surface area contributed by atoms with Crippen LogP contribution in [0.1, 0.15) is 64.0 Å². The molecule has 1 aromatic heterocycles. The topological polar surface area (TPSA) is 61.9 Å². The second kappa shape index (κ2) is 7.95. The summed E-state index contributed by atoms with van der Waals surface area (Å²) in [6.07, 6.45) is 7.47. The normalized spacial score (nSPS) is 20.3. The maximum absolute atomic E-state index is 4.71. The van der Waals surface area contributed by atoms with Crippen molar-refractivity contribution in [3.05, 3.63) is 11.8 Å². The largest absolute Gasteiger partial charge is 0.370 e. The van der Waals surface area contributed by atoms with Crippen molar-refractivity contribution in [3.63, 3.8) is 0 Å². The van der Waals surface area contributed by atoms with Gasteiger partial charge in [0.25, 0.3) is 0 Å². The van der Waals surface area contributed by atoms with Gasteiger partial charge in [0.2, 0.25) is 5.95 Å². The summed E-state index contributed by atoms with van der Waals surface area (Å²) in [7, 11) is 0. The lowest BCUT2D eigenvalue weighted by Gasteiger charge is -2.22. The number of piperidine rings is 1. The zero-order chi connectivity index (χ0) is 16.1. The first-order valence-electron chi connectivity index (χ1n) is 9.34. The van der Waals surface area contributed by atoms with Gasteiger partial charge in [0, 0.05) is 24.6 Å². The highest BCUT2D eigenvalue weighted by Crippen LogP contribution is 2.39. The molecule has 3 N–H and O–H groups in total. The van der Waals surface area contributed by atoms with Crippen LogP contribution in [0.2, 0.25) is 0 Å². The van der Waals surface area contributed by atoms with Crippen molar-refractivity contribution < 1.29 is 0 Å². The van der Waals surface area contributed by atoms with Crippen LogP contribution < -0.4 is 16.0 Å². The first-order valence-corrected chi connectivity index (χ1v) is 9.34. The SMILES string of the molecule is CC[C@H](C)Nc1nc(NCCC2CCNCC2)cc(C2CC2)n1. The fourth-order valence-corrected chi connectivity index (χ4v) is 3.11. The van der Waals surface area contributed by atoms with Crippen molar-refractivity contribution in [2.24, 2.45) is 5.92 Å². The Morgan fingerprint density at radius 1 is 1.22 bits per heavy atom. The number of aromatic nitrogens is 2. The van der Waals surface area contributed by atoms with E-state index >= 15 is 0 Å². The summed E-state index contributed by atoms with van der Waals surface area (Å²) in [5.74, 6) is 3.28. The molecule has 1 aliphatic carbocycles. The molecular formula is C18H31N5. The molecule has 1 atom stereocenters. The molecule has 2 aliphatic rings. The van der Waals surface area contributed by atoms with Crippen molar-refractivity contribution in [3.8, 4) is 0 Å². The average molecular weight is 317 g/mol. The summed E-state index contributed by atoms with van der Waals surface area (Å²) in [5, 5.41) is 10.4. The minimum atomic E-state index is 0.409. The molecule has 0 amide bonds. The van der Waals surface area contributed by atoms with Crippen LogP contribution in [0.4, 0.5) is 11.8 Å². The summed E-state index contributed by atoms with van der Waals surface area (Å²) in [6, 6.07) is 2.56. The van der Waals surface area contributed by atoms with Gasteiger partial charge in [-0.15, -0.1) is 0 Å². The molecule has 0 unspecified atom stereocenters. The number of hydrogen-bond acceptors (Lipinski definition) is 5. The van der Waals surface area contributed by atoms with Gasteiger partial charge >= 0.3 is 0 Å². The minimum absolute atomic E-state index is 0.409. The lowest BCUT2D eigenvalue weighted by atomic mass is 9.95. The molecule has 128 valence electrons. The maximum atomic E-state index is 4.71. The predicted molar refractivity (Wildman–Crippen MR) is 96.1 cm³/mol. The van der Waals surface area contributed by atoms with Gasteiger partial charge < -0.3 is 16.0 Å². The average Bonchev–Trinajstić information content (AvgIpc) is 3.40. The Labute approximate surface area is 140 Å². The van der Waals surface area contributed by atoms with Crippen LogP contribution in [0.15, 0.2) is 6.07 Å². The fourth-order valence-electron chi connectivity index (χ4n) is 3.11. The first-order chi connectivity index (χ1) is 11.2. The Kier molecular flexibility index (Phi) is 5.70. The van der Waals surface area contributed by atoms with Gasteiger partial charge in [-0.3, -0.25) is 0 Å². The van der Waals surface area contributed by atoms with E-state index in [9.17, 15) is 0 Å². The van der Waals surface area contributed by atoms with E-state index in [0.29, 0.717) is 12.0 Å². The summed E-state index contributed by atoms with van der Waals surface area (Å²) >= 11 is 0. The Bertz CT molecular complexity index is 494. The maximum Gasteiger partial charge on any atom is 0.225 e. The molecule has 5 heteroatoms. The molecule has 1 saturated heterocycles. The van der Waals surface area contributed by atoms with Gasteiger partial charge in [-0.2, -0.15) is 4.98 Å². The monoisotopic (exact) mass is 317 g/mol. The van der Waals surface area contributed by atoms with Gasteiger partial charge in [-0.1, -0.05) is 6.92 Å². The highest BCUT2D eigenvalue weighted by Gasteiger charge is 2.26. The lowest BCUT2D eigenvalue weighted by Crippen LogP contribution is -2.28. The number of rotatable bonds is 8. The van der Waals surface area contributed by atoms with E-state index in [1.54, 1.807) is 0 Å². The molecule has 1 aliphatic heterocycles. The second-order valence-corrected chi connectivity index (χ2v) is 7.14. The van der Waals surface area contributed by atoms with E-state index in [4.69, 9.17) is 4.98 Å². The van der Waals surface area contributed by atoms with Crippen LogP contribution in [0.3, 0.4) is 0 Å². The van der Waals surface area contributed by atoms with Crippen molar-refractivity contribution in [1.29, 1.82) is 0 Å². The van der Waals surface area contributed by atoms with E-state index in [-0.39, 0.29) is 0 Å². The van der Waals surface area contributed by atoms with Crippen LogP contribution in [-0.4, -0.2) is 35.6 Å². The quantitative estimate of drug-likeness (QED) is 0.686. The highest BCUT2D eigenvalue weighted by atomic mass is 15.2. The Hall–Kier alpha value is -1.36. The molecule has 2 fully saturated rings. The second-order valence-electron chi connectivity index (χ2n) is 7.14. The number of anilines is 2. The molecular weight excluding hydrogens is 286 g/mol. The van der Waals surface area contributed by atoms with E-state index in [2.05, 4.69) is 40.8 Å². The van der Waals surface area contributed by atoms with Gasteiger partial charge in [-0.05, 0) is 64.5 Å². The number of nitrogens with one attached hydrogen (secondary N) is 3. The summed E-state index contributed by atoms with van der Waals surface area (Å²) in [4.78, 5) is 9.38. The van der Waals surface area contributed by atoms with Crippen molar-refractivity contribution >= 4 is 11.8 Å². The zero-order valence-corrected chi connectivity index (χ0v) is 14.6. The van der Waals surface area contributed by atoms with Crippen molar-refractivity contribution in [2.75, 3.05) is 30.3 Å². The van der Waals surface area contributed by atoms with Gasteiger partial charge in [-0.25, -0.2) is 4.98 Å². The van der Waals surface area contributed by atoms with Crippen LogP contribution in [0.5, 0.6) is 0 Å². The Morgan fingerprint density at radius 3 is 2.70 bits per heavy atom. The molecule has 0 spiro atoms. The van der Waals surface area contributed by atoms with Gasteiger partial charge in [0.15, 0.2) is 0 Å². The Balaban J connectivity index is 1.58. The molecule has 23 heavy (non-hydrogen) atoms. The fraction of sp³-hybridized carbons (Fsp3) is 0.778. The summed E-state index contributed by atoms with van der Waals surface area (Å²) < 4.78 is 0. The predicted octanol–water partition coefficient (Wildman–Crippen LogP) is 3.37. The standard InChI is InChI=1S/C18H31N5/c1-3-13(2)21-18-22-16(15-4-5-15)12-17(23-18)20-11-8-14-6-9-19-10-7-14/h12-15,19H,3-11H2,1-2H3,(H2,20,21,22,23)/t13-/m0/s1. The van der Waals surface area contributed by atoms with E-state index in [1.165, 1.54) is 50.9 Å². The molecule has 0 bridgehead atoms. The van der Waals surface area contributed by atoms with E-state index < -0.39 is 0 Å². The smallest absolute Gasteiger partial charge is 0.225 e. The zero-order valence-electron chi connectivity index (χ0n) is 14.6. The highest BCUT2D eigenvalue weighted by molar-refractivity contribution is 5.44. The molecule has 1 saturated carbocycles. The molecule has 0 radical (unpaired) electrons. The van der Waals surface area contributed by atoms with Crippen molar-refractivity contribution in [2.45, 2.75) is 64.3 Å². The Morgan fingerprint density at radius 2 is 2.00 bits per heavy atom. The van der Waals surface area contributed by atoms with Crippen LogP contribution in [0.25, 0.3) is 0 Å². The van der Waals surface area contributed by atoms with Gasteiger partial charge in [0.05, 0.1) is 5.69 Å². The van der Waals surface area contributed by atoms with Crippen LogP contribution >= 0.6 is 0 Å². The third-order valence-electron chi connectivity index (χ3n) is 5.05. The number of hydrogen-bond donors (Lipinski definition) is 3. The van der Waals surface area contributed by atoms with E-state index in [0.717, 1.165) is 30.6 Å². The third kappa shape index (κ3) is 5.06. The molecule has 2 heterocycles. The summed E-state index contributed by atoms with van der Waals surface area (Å²) in [5.41, 5.74) is 1.20. The molecule has 3 rings (SSSR count). The van der Waals surface area contributed by atoms with Crippen molar-refractivity contribution in [1.82, 2.24) is 15.3 Å². The molecule has 5 nitrogen and oxygen atoms in total. The molecule has 1 aromatic rings. The summed E-state index contributed by atoms with van der Waals surface area (Å²) in [6.45, 7) is 7.71. The van der Waals surface area contributed by atoms with Gasteiger partial charge in [0.1, 0.15) is 5.82 Å².